The average molecular weight is 409 g/mol. The van der Waals surface area contributed by atoms with E-state index in [4.69, 9.17) is 4.74 Å². The number of benzene rings is 2. The fourth-order valence-electron chi connectivity index (χ4n) is 4.14. The van der Waals surface area contributed by atoms with Gasteiger partial charge in [0, 0.05) is 37.3 Å². The van der Waals surface area contributed by atoms with Gasteiger partial charge in [0.05, 0.1) is 25.9 Å². The predicted molar refractivity (Wildman–Crippen MR) is 114 cm³/mol. The third-order valence-corrected chi connectivity index (χ3v) is 5.98. The number of nitrogens with zero attached hydrogens (tertiary/aromatic N) is 3. The van der Waals surface area contributed by atoms with E-state index in [2.05, 4.69) is 16.8 Å². The summed E-state index contributed by atoms with van der Waals surface area (Å²) in [6.07, 6.45) is -0.310. The molecular weight excluding hydrogens is 382 g/mol. The second kappa shape index (κ2) is 8.18. The van der Waals surface area contributed by atoms with Gasteiger partial charge in [0.15, 0.2) is 11.4 Å². The number of hydrogen-bond acceptors (Lipinski definition) is 6. The summed E-state index contributed by atoms with van der Waals surface area (Å²) < 4.78 is 5.19. The Morgan fingerprint density at radius 3 is 2.57 bits per heavy atom. The van der Waals surface area contributed by atoms with Gasteiger partial charge < -0.3 is 14.7 Å². The first-order chi connectivity index (χ1) is 14.4. The van der Waals surface area contributed by atoms with Crippen LogP contribution >= 0.6 is 0 Å². The number of amides is 1. The summed E-state index contributed by atoms with van der Waals surface area (Å²) in [6, 6.07) is 14.0. The number of Topliss-reactive ketones (excluding diaryl/α,β-unsaturated/α-hetero) is 1. The third-order valence-electron chi connectivity index (χ3n) is 5.98. The van der Waals surface area contributed by atoms with E-state index in [9.17, 15) is 14.7 Å². The lowest BCUT2D eigenvalue weighted by molar-refractivity contribution is -0.136. The van der Waals surface area contributed by atoms with Crippen LogP contribution in [0.25, 0.3) is 0 Å². The largest absolute Gasteiger partial charge is 0.497 e. The Labute approximate surface area is 176 Å². The zero-order valence-electron chi connectivity index (χ0n) is 17.4. The third kappa shape index (κ3) is 3.71. The summed E-state index contributed by atoms with van der Waals surface area (Å²) in [6.45, 7) is 3.97. The molecule has 4 rings (SSSR count). The van der Waals surface area contributed by atoms with E-state index < -0.39 is 11.5 Å². The highest BCUT2D eigenvalue weighted by Gasteiger charge is 2.51. The zero-order valence-corrected chi connectivity index (χ0v) is 17.4. The minimum atomic E-state index is -1.87. The molecule has 2 aliphatic rings. The maximum Gasteiger partial charge on any atom is 0.265 e. The molecule has 7 heteroatoms. The Bertz CT molecular complexity index is 955. The van der Waals surface area contributed by atoms with Crippen molar-refractivity contribution in [1.29, 1.82) is 0 Å². The molecule has 2 aromatic rings. The van der Waals surface area contributed by atoms with Crippen LogP contribution < -0.4 is 9.64 Å². The summed E-state index contributed by atoms with van der Waals surface area (Å²) >= 11 is 0. The number of para-hydroxylation sites is 1. The van der Waals surface area contributed by atoms with E-state index >= 15 is 0 Å². The molecule has 1 amide bonds. The van der Waals surface area contributed by atoms with Gasteiger partial charge in [-0.15, -0.1) is 0 Å². The first-order valence-electron chi connectivity index (χ1n) is 10.1. The number of carbonyl (C=O) groups is 2. The average Bonchev–Trinajstić information content (AvgIpc) is 2.97. The van der Waals surface area contributed by atoms with Gasteiger partial charge in [-0.3, -0.25) is 19.4 Å². The number of rotatable bonds is 6. The topological polar surface area (TPSA) is 73.3 Å². The van der Waals surface area contributed by atoms with Crippen LogP contribution in [0.5, 0.6) is 5.75 Å². The van der Waals surface area contributed by atoms with Gasteiger partial charge in [-0.1, -0.05) is 30.3 Å². The Kier molecular flexibility index (Phi) is 5.60. The van der Waals surface area contributed by atoms with Crippen LogP contribution in [0.2, 0.25) is 0 Å². The summed E-state index contributed by atoms with van der Waals surface area (Å²) in [5, 5.41) is 11.4. The number of hydrogen-bond donors (Lipinski definition) is 1. The number of methoxy groups -OCH3 is 1. The molecule has 1 fully saturated rings. The molecule has 0 saturated carbocycles. The van der Waals surface area contributed by atoms with Crippen LogP contribution in [0.15, 0.2) is 48.5 Å². The minimum Gasteiger partial charge on any atom is -0.497 e. The number of fused-ring (bicyclic) bond motifs is 1. The van der Waals surface area contributed by atoms with Crippen LogP contribution in [0.1, 0.15) is 22.3 Å². The van der Waals surface area contributed by atoms with E-state index in [1.165, 1.54) is 7.11 Å². The molecule has 30 heavy (non-hydrogen) atoms. The molecule has 0 spiro atoms. The molecule has 0 bridgehead atoms. The van der Waals surface area contributed by atoms with Crippen molar-refractivity contribution < 1.29 is 19.4 Å². The van der Waals surface area contributed by atoms with Gasteiger partial charge in [-0.05, 0) is 25.2 Å². The van der Waals surface area contributed by atoms with E-state index in [1.54, 1.807) is 41.3 Å². The lowest BCUT2D eigenvalue weighted by Gasteiger charge is -2.35. The molecule has 158 valence electrons. The smallest absolute Gasteiger partial charge is 0.265 e. The molecule has 7 nitrogen and oxygen atoms in total. The molecule has 1 atom stereocenters. The molecule has 2 heterocycles. The second-order valence-electron chi connectivity index (χ2n) is 8.01. The van der Waals surface area contributed by atoms with Crippen LogP contribution in [0.4, 0.5) is 5.69 Å². The van der Waals surface area contributed by atoms with Gasteiger partial charge in [0.2, 0.25) is 0 Å². The first kappa shape index (κ1) is 20.5. The molecule has 0 aliphatic carbocycles. The van der Waals surface area contributed by atoms with Gasteiger partial charge in [0.25, 0.3) is 5.91 Å². The summed E-state index contributed by atoms with van der Waals surface area (Å²) in [5.41, 5.74) is -0.308. The van der Waals surface area contributed by atoms with Gasteiger partial charge in [0.1, 0.15) is 5.75 Å². The lowest BCUT2D eigenvalue weighted by Crippen LogP contribution is -2.51. The van der Waals surface area contributed by atoms with Crippen LogP contribution in [0.3, 0.4) is 0 Å². The second-order valence-corrected chi connectivity index (χ2v) is 8.01. The highest BCUT2D eigenvalue weighted by atomic mass is 16.5. The monoisotopic (exact) mass is 409 g/mol. The van der Waals surface area contributed by atoms with Crippen molar-refractivity contribution in [3.8, 4) is 5.75 Å². The number of ether oxygens (including phenoxy) is 1. The van der Waals surface area contributed by atoms with Crippen molar-refractivity contribution in [2.45, 2.75) is 12.0 Å². The molecule has 0 aromatic heterocycles. The number of ketones is 1. The molecule has 2 aliphatic heterocycles. The number of aliphatic hydroxyl groups is 1. The van der Waals surface area contributed by atoms with Crippen molar-refractivity contribution in [2.24, 2.45) is 0 Å². The van der Waals surface area contributed by atoms with Gasteiger partial charge in [-0.2, -0.15) is 0 Å². The van der Waals surface area contributed by atoms with Gasteiger partial charge in [-0.25, -0.2) is 0 Å². The number of anilines is 1. The van der Waals surface area contributed by atoms with Crippen LogP contribution in [-0.2, 0) is 10.4 Å². The molecule has 0 unspecified atom stereocenters. The number of likely N-dealkylation sites (N-methyl/N-ethyl adjacent to an activating group) is 1. The van der Waals surface area contributed by atoms with Crippen molar-refractivity contribution in [1.82, 2.24) is 9.80 Å². The summed E-state index contributed by atoms with van der Waals surface area (Å²) in [5.74, 6) is -0.192. The fourth-order valence-corrected chi connectivity index (χ4v) is 4.14. The zero-order chi connectivity index (χ0) is 21.3. The van der Waals surface area contributed by atoms with Crippen molar-refractivity contribution in [3.05, 3.63) is 59.7 Å². The minimum absolute atomic E-state index is 0.305. The van der Waals surface area contributed by atoms with E-state index in [-0.39, 0.29) is 12.2 Å². The van der Waals surface area contributed by atoms with Crippen LogP contribution in [0, 0.1) is 0 Å². The maximum absolute atomic E-state index is 13.4. The first-order valence-corrected chi connectivity index (χ1v) is 10.1. The number of piperazine rings is 1. The highest BCUT2D eigenvalue weighted by molar-refractivity contribution is 6.10. The molecule has 2 aromatic carbocycles. The van der Waals surface area contributed by atoms with Crippen molar-refractivity contribution >= 4 is 17.4 Å². The number of carbonyl (C=O) groups excluding carboxylic acids is 2. The normalized spacial score (nSPS) is 22.2. The summed E-state index contributed by atoms with van der Waals surface area (Å²) in [7, 11) is 3.61. The Morgan fingerprint density at radius 1 is 1.10 bits per heavy atom. The van der Waals surface area contributed by atoms with Gasteiger partial charge >= 0.3 is 0 Å². The van der Waals surface area contributed by atoms with E-state index in [1.807, 2.05) is 12.1 Å². The standard InChI is InChI=1S/C23H27N3O4/c1-24-10-12-25(13-11-24)16-26-20-9-4-3-8-19(20)23(29,22(26)28)15-21(27)17-6-5-7-18(14-17)30-2/h3-9,14,29H,10-13,15-16H2,1-2H3/t23-/m1/s1. The molecule has 1 N–H and O–H groups in total. The highest BCUT2D eigenvalue weighted by Crippen LogP contribution is 2.43. The van der Waals surface area contributed by atoms with Crippen molar-refractivity contribution in [3.63, 3.8) is 0 Å². The molecule has 1 saturated heterocycles. The van der Waals surface area contributed by atoms with E-state index in [0.29, 0.717) is 29.2 Å². The van der Waals surface area contributed by atoms with Crippen molar-refractivity contribution in [2.75, 3.05) is 51.9 Å². The predicted octanol–water partition coefficient (Wildman–Crippen LogP) is 1.71. The SMILES string of the molecule is COc1cccc(C(=O)C[C@]2(O)C(=O)N(CN3CCN(C)CC3)c3ccccc32)c1. The molecular formula is C23H27N3O4. The quantitative estimate of drug-likeness (QED) is 0.733. The van der Waals surface area contributed by atoms with E-state index in [0.717, 1.165) is 26.2 Å². The maximum atomic E-state index is 13.4. The lowest BCUT2D eigenvalue weighted by atomic mass is 9.88. The Hall–Kier alpha value is -2.74. The Balaban J connectivity index is 1.59. The van der Waals surface area contributed by atoms with Crippen LogP contribution in [-0.4, -0.2) is 73.6 Å². The Morgan fingerprint density at radius 2 is 1.83 bits per heavy atom. The fraction of sp³-hybridized carbons (Fsp3) is 0.391. The molecule has 0 radical (unpaired) electrons. The summed E-state index contributed by atoms with van der Waals surface area (Å²) in [4.78, 5) is 32.4.